The summed E-state index contributed by atoms with van der Waals surface area (Å²) < 4.78 is 31.1. The van der Waals surface area contributed by atoms with Crippen molar-refractivity contribution in [3.63, 3.8) is 0 Å². The van der Waals surface area contributed by atoms with Gasteiger partial charge >= 0.3 is 5.97 Å². The van der Waals surface area contributed by atoms with Crippen LogP contribution in [-0.4, -0.2) is 11.9 Å². The Hall–Kier alpha value is -2.21. The lowest BCUT2D eigenvalue weighted by Crippen LogP contribution is -2.04. The highest BCUT2D eigenvalue weighted by Gasteiger charge is 2.26. The number of furan rings is 1. The lowest BCUT2D eigenvalue weighted by atomic mass is 10.2. The van der Waals surface area contributed by atoms with E-state index >= 15 is 0 Å². The molecular formula is C21H12FI2NO4. The second-order valence-electron chi connectivity index (χ2n) is 6.04. The average Bonchev–Trinajstić information content (AvgIpc) is 3.33. The van der Waals surface area contributed by atoms with Crippen molar-refractivity contribution in [1.82, 2.24) is 0 Å². The van der Waals surface area contributed by atoms with Gasteiger partial charge in [0.1, 0.15) is 18.2 Å². The summed E-state index contributed by atoms with van der Waals surface area (Å²) in [5, 5.41) is 0. The highest BCUT2D eigenvalue weighted by molar-refractivity contribution is 14.1. The summed E-state index contributed by atoms with van der Waals surface area (Å²) in [7, 11) is 0. The maximum absolute atomic E-state index is 13.0. The summed E-state index contributed by atoms with van der Waals surface area (Å²) >= 11 is 4.36. The third kappa shape index (κ3) is 4.69. The van der Waals surface area contributed by atoms with Crippen LogP contribution in [0.25, 0.3) is 6.08 Å². The van der Waals surface area contributed by atoms with Gasteiger partial charge in [-0.3, -0.25) is 0 Å². The average molecular weight is 615 g/mol. The Morgan fingerprint density at radius 1 is 1.10 bits per heavy atom. The first kappa shape index (κ1) is 20.1. The van der Waals surface area contributed by atoms with E-state index in [1.165, 1.54) is 18.4 Å². The Labute approximate surface area is 192 Å². The van der Waals surface area contributed by atoms with Gasteiger partial charge in [-0.05, 0) is 98.8 Å². The third-order valence-electron chi connectivity index (χ3n) is 3.97. The largest absolute Gasteiger partial charge is 0.487 e. The minimum absolute atomic E-state index is 0.148. The van der Waals surface area contributed by atoms with Gasteiger partial charge in [-0.1, -0.05) is 12.1 Å². The van der Waals surface area contributed by atoms with Crippen LogP contribution in [0.5, 0.6) is 5.75 Å². The molecule has 0 fully saturated rings. The number of nitrogens with zero attached hydrogens (tertiary/aromatic N) is 1. The molecular weight excluding hydrogens is 603 g/mol. The van der Waals surface area contributed by atoms with Crippen LogP contribution in [0.3, 0.4) is 0 Å². The Morgan fingerprint density at radius 2 is 1.83 bits per heavy atom. The quantitative estimate of drug-likeness (QED) is 0.215. The van der Waals surface area contributed by atoms with E-state index in [9.17, 15) is 9.18 Å². The van der Waals surface area contributed by atoms with E-state index in [1.807, 2.05) is 12.1 Å². The lowest BCUT2D eigenvalue weighted by molar-refractivity contribution is -0.130. The number of esters is 1. The zero-order valence-electron chi connectivity index (χ0n) is 14.7. The molecule has 0 unspecified atom stereocenters. The number of carbonyl (C=O) groups is 1. The van der Waals surface area contributed by atoms with Crippen LogP contribution >= 0.6 is 45.2 Å². The molecule has 0 N–H and O–H groups in total. The Morgan fingerprint density at radius 3 is 2.48 bits per heavy atom. The normalized spacial score (nSPS) is 14.8. The molecule has 0 spiro atoms. The van der Waals surface area contributed by atoms with Crippen LogP contribution in [0.2, 0.25) is 0 Å². The summed E-state index contributed by atoms with van der Waals surface area (Å²) in [5.41, 5.74) is 1.87. The van der Waals surface area contributed by atoms with E-state index in [-0.39, 0.29) is 17.4 Å². The summed E-state index contributed by atoms with van der Waals surface area (Å²) in [4.78, 5) is 16.3. The van der Waals surface area contributed by atoms with Crippen LogP contribution in [0.15, 0.2) is 69.9 Å². The van der Waals surface area contributed by atoms with E-state index in [2.05, 4.69) is 50.2 Å². The number of hydrogen-bond donors (Lipinski definition) is 0. The molecule has 0 saturated heterocycles. The predicted molar refractivity (Wildman–Crippen MR) is 122 cm³/mol. The smallest absolute Gasteiger partial charge is 0.363 e. The Kier molecular flexibility index (Phi) is 5.99. The monoisotopic (exact) mass is 615 g/mol. The molecule has 0 aliphatic carbocycles. The fourth-order valence-corrected chi connectivity index (χ4v) is 4.74. The second kappa shape index (κ2) is 8.66. The van der Waals surface area contributed by atoms with E-state index in [0.29, 0.717) is 12.4 Å². The van der Waals surface area contributed by atoms with Gasteiger partial charge < -0.3 is 13.9 Å². The van der Waals surface area contributed by atoms with Crippen LogP contribution < -0.4 is 4.74 Å². The summed E-state index contributed by atoms with van der Waals surface area (Å²) in [5.74, 6) is 0.466. The molecule has 8 heteroatoms. The summed E-state index contributed by atoms with van der Waals surface area (Å²) in [6.45, 7) is 0.329. The van der Waals surface area contributed by atoms with Crippen molar-refractivity contribution in [2.45, 2.75) is 6.61 Å². The van der Waals surface area contributed by atoms with Crippen molar-refractivity contribution in [3.8, 4) is 5.75 Å². The van der Waals surface area contributed by atoms with Crippen molar-refractivity contribution >= 4 is 63.1 Å². The molecule has 1 aliphatic heterocycles. The molecule has 3 aromatic rings. The minimum atomic E-state index is -0.530. The molecule has 29 heavy (non-hydrogen) atoms. The molecule has 5 nitrogen and oxygen atoms in total. The number of rotatable bonds is 5. The zero-order chi connectivity index (χ0) is 20.4. The van der Waals surface area contributed by atoms with Crippen molar-refractivity contribution in [2.24, 2.45) is 4.99 Å². The van der Waals surface area contributed by atoms with E-state index in [4.69, 9.17) is 13.9 Å². The van der Waals surface area contributed by atoms with E-state index in [1.54, 1.807) is 30.3 Å². The lowest BCUT2D eigenvalue weighted by Gasteiger charge is -2.11. The minimum Gasteiger partial charge on any atom is -0.487 e. The number of ether oxygens (including phenoxy) is 2. The number of halogens is 3. The van der Waals surface area contributed by atoms with E-state index < -0.39 is 5.97 Å². The standard InChI is InChI=1S/C21H12FI2NO4/c22-14-5-3-12(4-6-14)11-28-19-15(23)8-13(9-16(19)24)10-17-21(26)29-20(25-17)18-2-1-7-27-18/h1-10H,11H2/b17-10-. The van der Waals surface area contributed by atoms with Gasteiger partial charge in [0.15, 0.2) is 11.5 Å². The highest BCUT2D eigenvalue weighted by Crippen LogP contribution is 2.31. The van der Waals surface area contributed by atoms with Crippen LogP contribution in [0.1, 0.15) is 16.9 Å². The number of aliphatic imine (C=N–C) groups is 1. The molecule has 0 saturated carbocycles. The summed E-state index contributed by atoms with van der Waals surface area (Å²) in [6, 6.07) is 13.3. The van der Waals surface area contributed by atoms with Gasteiger partial charge in [-0.15, -0.1) is 0 Å². The van der Waals surface area contributed by atoms with Crippen molar-refractivity contribution < 1.29 is 23.1 Å². The topological polar surface area (TPSA) is 61.0 Å². The van der Waals surface area contributed by atoms with Crippen molar-refractivity contribution in [1.29, 1.82) is 0 Å². The molecule has 146 valence electrons. The number of benzene rings is 2. The van der Waals surface area contributed by atoms with Crippen LogP contribution in [0, 0.1) is 13.0 Å². The molecule has 0 amide bonds. The fourth-order valence-electron chi connectivity index (χ4n) is 2.61. The van der Waals surface area contributed by atoms with Crippen LogP contribution in [0.4, 0.5) is 4.39 Å². The first-order valence-electron chi connectivity index (χ1n) is 8.42. The number of hydrogen-bond acceptors (Lipinski definition) is 5. The van der Waals surface area contributed by atoms with Gasteiger partial charge in [-0.25, -0.2) is 14.2 Å². The van der Waals surface area contributed by atoms with E-state index in [0.717, 1.165) is 24.0 Å². The molecule has 0 radical (unpaired) electrons. The van der Waals surface area contributed by atoms with Crippen molar-refractivity contribution in [3.05, 3.63) is 90.3 Å². The SMILES string of the molecule is O=C1OC(c2ccco2)=N/C1=C\c1cc(I)c(OCc2ccc(F)cc2)c(I)c1. The molecule has 4 rings (SSSR count). The van der Waals surface area contributed by atoms with Gasteiger partial charge in [0.25, 0.3) is 5.90 Å². The molecule has 1 aliphatic rings. The molecule has 0 bridgehead atoms. The highest BCUT2D eigenvalue weighted by atomic mass is 127. The zero-order valence-corrected chi connectivity index (χ0v) is 19.0. The first-order valence-corrected chi connectivity index (χ1v) is 10.6. The Bertz CT molecular complexity index is 1100. The maximum atomic E-state index is 13.0. The van der Waals surface area contributed by atoms with Gasteiger partial charge in [0.05, 0.1) is 13.4 Å². The first-order chi connectivity index (χ1) is 14.0. The predicted octanol–water partition coefficient (Wildman–Crippen LogP) is 5.55. The fraction of sp³-hybridized carbons (Fsp3) is 0.0476. The maximum Gasteiger partial charge on any atom is 0.363 e. The number of carbonyl (C=O) groups excluding carboxylic acids is 1. The molecule has 1 aromatic heterocycles. The molecule has 2 aromatic carbocycles. The van der Waals surface area contributed by atoms with Gasteiger partial charge in [-0.2, -0.15) is 0 Å². The third-order valence-corrected chi connectivity index (χ3v) is 5.58. The van der Waals surface area contributed by atoms with Crippen molar-refractivity contribution in [2.75, 3.05) is 0 Å². The van der Waals surface area contributed by atoms with Gasteiger partial charge in [0.2, 0.25) is 0 Å². The number of cyclic esters (lactones) is 1. The van der Waals surface area contributed by atoms with Crippen LogP contribution in [-0.2, 0) is 16.1 Å². The molecule has 2 heterocycles. The molecule has 0 atom stereocenters. The van der Waals surface area contributed by atoms with Gasteiger partial charge in [0, 0.05) is 0 Å². The Balaban J connectivity index is 1.54. The second-order valence-corrected chi connectivity index (χ2v) is 8.37. The summed E-state index contributed by atoms with van der Waals surface area (Å²) in [6.07, 6.45) is 3.15.